The van der Waals surface area contributed by atoms with Crippen LogP contribution in [0.4, 0.5) is 5.69 Å². The molecule has 0 atom stereocenters. The van der Waals surface area contributed by atoms with Crippen LogP contribution in [0.15, 0.2) is 54.7 Å². The fourth-order valence-electron chi connectivity index (χ4n) is 2.77. The minimum Gasteiger partial charge on any atom is -0.455 e. The zero-order valence-electron chi connectivity index (χ0n) is 14.0. The van der Waals surface area contributed by atoms with Gasteiger partial charge in [-0.1, -0.05) is 43.3 Å². The van der Waals surface area contributed by atoms with Crippen molar-refractivity contribution in [2.75, 3.05) is 11.9 Å². The van der Waals surface area contributed by atoms with Gasteiger partial charge < -0.3 is 15.0 Å². The number of hydrogen-bond acceptors (Lipinski definition) is 3. The minimum absolute atomic E-state index is 0.128. The van der Waals surface area contributed by atoms with E-state index >= 15 is 0 Å². The van der Waals surface area contributed by atoms with Crippen LogP contribution in [-0.2, 0) is 27.2 Å². The number of carbonyl (C=O) groups is 2. The molecule has 3 aromatic rings. The Kier molecular flexibility index (Phi) is 5.14. The van der Waals surface area contributed by atoms with Crippen LogP contribution >= 0.6 is 0 Å². The van der Waals surface area contributed by atoms with E-state index in [1.165, 1.54) is 0 Å². The van der Waals surface area contributed by atoms with Crippen LogP contribution < -0.4 is 5.32 Å². The zero-order chi connectivity index (χ0) is 17.6. The smallest absolute Gasteiger partial charge is 0.310 e. The number of anilines is 1. The molecule has 2 N–H and O–H groups in total. The zero-order valence-corrected chi connectivity index (χ0v) is 14.0. The van der Waals surface area contributed by atoms with Gasteiger partial charge in [0.25, 0.3) is 5.91 Å². The van der Waals surface area contributed by atoms with Gasteiger partial charge in [-0.3, -0.25) is 9.59 Å². The number of aromatic amines is 1. The summed E-state index contributed by atoms with van der Waals surface area (Å²) in [7, 11) is 0. The van der Waals surface area contributed by atoms with Crippen LogP contribution in [0.25, 0.3) is 10.9 Å². The monoisotopic (exact) mass is 336 g/mol. The molecule has 0 spiro atoms. The van der Waals surface area contributed by atoms with Gasteiger partial charge in [0.15, 0.2) is 6.61 Å². The Morgan fingerprint density at radius 3 is 2.64 bits per heavy atom. The molecule has 128 valence electrons. The highest BCUT2D eigenvalue weighted by molar-refractivity contribution is 5.94. The third kappa shape index (κ3) is 4.07. The maximum absolute atomic E-state index is 12.0. The fourth-order valence-corrected chi connectivity index (χ4v) is 2.77. The highest BCUT2D eigenvalue weighted by atomic mass is 16.5. The Morgan fingerprint density at radius 2 is 1.80 bits per heavy atom. The van der Waals surface area contributed by atoms with Crippen molar-refractivity contribution in [1.29, 1.82) is 0 Å². The number of fused-ring (bicyclic) bond motifs is 1. The third-order valence-electron chi connectivity index (χ3n) is 4.05. The van der Waals surface area contributed by atoms with Crippen LogP contribution in [0.5, 0.6) is 0 Å². The topological polar surface area (TPSA) is 71.2 Å². The van der Waals surface area contributed by atoms with Gasteiger partial charge in [0.1, 0.15) is 0 Å². The molecule has 1 amide bonds. The molecule has 3 rings (SSSR count). The number of nitrogens with one attached hydrogen (secondary N) is 2. The molecule has 1 heterocycles. The molecule has 0 unspecified atom stereocenters. The molecule has 0 bridgehead atoms. The van der Waals surface area contributed by atoms with Gasteiger partial charge >= 0.3 is 5.97 Å². The van der Waals surface area contributed by atoms with E-state index in [2.05, 4.69) is 10.3 Å². The first-order chi connectivity index (χ1) is 12.2. The molecular formula is C20H20N2O3. The number of benzene rings is 2. The number of ether oxygens (including phenoxy) is 1. The van der Waals surface area contributed by atoms with Gasteiger partial charge in [0.05, 0.1) is 6.42 Å². The summed E-state index contributed by atoms with van der Waals surface area (Å²) in [6.45, 7) is 1.73. The van der Waals surface area contributed by atoms with Crippen molar-refractivity contribution in [3.63, 3.8) is 0 Å². The highest BCUT2D eigenvalue weighted by Crippen LogP contribution is 2.18. The second kappa shape index (κ2) is 7.66. The first kappa shape index (κ1) is 16.8. The van der Waals surface area contributed by atoms with E-state index < -0.39 is 5.97 Å². The predicted molar refractivity (Wildman–Crippen MR) is 97.4 cm³/mol. The summed E-state index contributed by atoms with van der Waals surface area (Å²) in [5.74, 6) is -0.767. The Balaban J connectivity index is 1.54. The average Bonchev–Trinajstić information content (AvgIpc) is 3.03. The van der Waals surface area contributed by atoms with Crippen molar-refractivity contribution in [2.45, 2.75) is 19.8 Å². The molecule has 0 saturated carbocycles. The molecule has 0 fully saturated rings. The van der Waals surface area contributed by atoms with E-state index in [-0.39, 0.29) is 18.9 Å². The number of esters is 1. The summed E-state index contributed by atoms with van der Waals surface area (Å²) in [5, 5.41) is 3.77. The standard InChI is InChI=1S/C20H20N2O3/c1-2-14-7-3-5-9-17(14)22-19(23)13-25-20(24)11-15-12-21-18-10-6-4-8-16(15)18/h3-10,12,21H,2,11,13H2,1H3,(H,22,23). The van der Waals surface area contributed by atoms with Crippen molar-refractivity contribution in [3.8, 4) is 0 Å². The Labute approximate surface area is 146 Å². The second-order valence-corrected chi connectivity index (χ2v) is 5.76. The van der Waals surface area contributed by atoms with Gasteiger partial charge in [-0.25, -0.2) is 0 Å². The number of H-pyrrole nitrogens is 1. The Hall–Kier alpha value is -3.08. The minimum atomic E-state index is -0.427. The van der Waals surface area contributed by atoms with Gasteiger partial charge in [-0.15, -0.1) is 0 Å². The molecule has 2 aromatic carbocycles. The molecule has 0 aliphatic heterocycles. The van der Waals surface area contributed by atoms with Gasteiger partial charge in [-0.2, -0.15) is 0 Å². The van der Waals surface area contributed by atoms with E-state index in [1.54, 1.807) is 6.20 Å². The lowest BCUT2D eigenvalue weighted by atomic mass is 10.1. The molecule has 5 heteroatoms. The third-order valence-corrected chi connectivity index (χ3v) is 4.05. The summed E-state index contributed by atoms with van der Waals surface area (Å²) >= 11 is 0. The largest absolute Gasteiger partial charge is 0.455 e. The second-order valence-electron chi connectivity index (χ2n) is 5.76. The summed E-state index contributed by atoms with van der Waals surface area (Å²) in [6.07, 6.45) is 2.74. The number of carbonyl (C=O) groups excluding carboxylic acids is 2. The van der Waals surface area contributed by atoms with Crippen molar-refractivity contribution in [2.24, 2.45) is 0 Å². The first-order valence-electron chi connectivity index (χ1n) is 8.25. The maximum atomic E-state index is 12.0. The van der Waals surface area contributed by atoms with E-state index in [1.807, 2.05) is 55.5 Å². The lowest BCUT2D eigenvalue weighted by Crippen LogP contribution is -2.22. The van der Waals surface area contributed by atoms with Gasteiger partial charge in [0, 0.05) is 22.8 Å². The number of aryl methyl sites for hydroxylation is 1. The summed E-state index contributed by atoms with van der Waals surface area (Å²) in [6, 6.07) is 15.3. The number of hydrogen-bond donors (Lipinski definition) is 2. The predicted octanol–water partition coefficient (Wildman–Crippen LogP) is 3.45. The van der Waals surface area contributed by atoms with E-state index in [0.717, 1.165) is 34.1 Å². The molecule has 1 aromatic heterocycles. The number of para-hydroxylation sites is 2. The van der Waals surface area contributed by atoms with E-state index in [4.69, 9.17) is 4.74 Å². The highest BCUT2D eigenvalue weighted by Gasteiger charge is 2.12. The van der Waals surface area contributed by atoms with E-state index in [9.17, 15) is 9.59 Å². The normalized spacial score (nSPS) is 10.6. The lowest BCUT2D eigenvalue weighted by Gasteiger charge is -2.10. The number of amides is 1. The summed E-state index contributed by atoms with van der Waals surface area (Å²) < 4.78 is 5.11. The molecular weight excluding hydrogens is 316 g/mol. The van der Waals surface area contributed by atoms with Crippen molar-refractivity contribution in [1.82, 2.24) is 4.98 Å². The van der Waals surface area contributed by atoms with Crippen molar-refractivity contribution >= 4 is 28.5 Å². The Bertz CT molecular complexity index is 899. The van der Waals surface area contributed by atoms with Crippen LogP contribution in [0, 0.1) is 0 Å². The van der Waals surface area contributed by atoms with Crippen molar-refractivity contribution in [3.05, 3.63) is 65.9 Å². The van der Waals surface area contributed by atoms with Crippen LogP contribution in [0.1, 0.15) is 18.1 Å². The summed E-state index contributed by atoms with van der Waals surface area (Å²) in [4.78, 5) is 27.1. The lowest BCUT2D eigenvalue weighted by molar-refractivity contribution is -0.146. The number of aromatic nitrogens is 1. The van der Waals surface area contributed by atoms with Gasteiger partial charge in [-0.05, 0) is 29.7 Å². The number of rotatable bonds is 6. The SMILES string of the molecule is CCc1ccccc1NC(=O)COC(=O)Cc1c[nH]c2ccccc12. The molecule has 0 aliphatic rings. The van der Waals surface area contributed by atoms with Crippen molar-refractivity contribution < 1.29 is 14.3 Å². The summed E-state index contributed by atoms with van der Waals surface area (Å²) in [5.41, 5.74) is 3.63. The molecule has 0 aliphatic carbocycles. The first-order valence-corrected chi connectivity index (χ1v) is 8.25. The van der Waals surface area contributed by atoms with Gasteiger partial charge in [0.2, 0.25) is 0 Å². The molecule has 0 saturated heterocycles. The molecule has 25 heavy (non-hydrogen) atoms. The van der Waals surface area contributed by atoms with Crippen LogP contribution in [0.3, 0.4) is 0 Å². The Morgan fingerprint density at radius 1 is 1.04 bits per heavy atom. The van der Waals surface area contributed by atoms with E-state index in [0.29, 0.717) is 0 Å². The average molecular weight is 336 g/mol. The molecule has 5 nitrogen and oxygen atoms in total. The fraction of sp³-hybridized carbons (Fsp3) is 0.200. The quantitative estimate of drug-likeness (QED) is 0.677. The molecule has 0 radical (unpaired) electrons. The van der Waals surface area contributed by atoms with Crippen LogP contribution in [-0.4, -0.2) is 23.5 Å². The van der Waals surface area contributed by atoms with Crippen LogP contribution in [0.2, 0.25) is 0 Å². The maximum Gasteiger partial charge on any atom is 0.310 e.